The Kier molecular flexibility index (Phi) is 2.65. The zero-order valence-corrected chi connectivity index (χ0v) is 6.79. The van der Waals surface area contributed by atoms with Crippen molar-refractivity contribution in [3.05, 3.63) is 11.6 Å². The number of rotatable bonds is 3. The van der Waals surface area contributed by atoms with E-state index in [1.165, 1.54) is 7.11 Å². The largest absolute Gasteiger partial charge is 0.466 e. The molecule has 3 nitrogen and oxygen atoms in total. The van der Waals surface area contributed by atoms with Gasteiger partial charge in [0.15, 0.2) is 0 Å². The molecule has 1 aliphatic rings. The summed E-state index contributed by atoms with van der Waals surface area (Å²) >= 11 is 0. The van der Waals surface area contributed by atoms with Gasteiger partial charge in [0, 0.05) is 12.0 Å². The van der Waals surface area contributed by atoms with E-state index in [1.807, 2.05) is 6.92 Å². The fourth-order valence-corrected chi connectivity index (χ4v) is 0.881. The van der Waals surface area contributed by atoms with E-state index in [4.69, 9.17) is 4.74 Å². The molecule has 1 aliphatic heterocycles. The third-order valence-electron chi connectivity index (χ3n) is 1.65. The fraction of sp³-hybridized carbons (Fsp3) is 0.625. The predicted octanol–water partition coefficient (Wildman–Crippen LogP) is 0.895. The highest BCUT2D eigenvalue weighted by Crippen LogP contribution is 2.19. The molecule has 0 amide bonds. The summed E-state index contributed by atoms with van der Waals surface area (Å²) in [5.74, 6) is -0.247. The van der Waals surface area contributed by atoms with Gasteiger partial charge < -0.3 is 9.47 Å². The number of hydrogen-bond donors (Lipinski definition) is 0. The van der Waals surface area contributed by atoms with E-state index in [0.29, 0.717) is 12.0 Å². The maximum absolute atomic E-state index is 11.0. The van der Waals surface area contributed by atoms with Gasteiger partial charge in [-0.2, -0.15) is 0 Å². The van der Waals surface area contributed by atoms with Crippen LogP contribution in [0.3, 0.4) is 0 Å². The Morgan fingerprint density at radius 3 is 2.82 bits per heavy atom. The summed E-state index contributed by atoms with van der Waals surface area (Å²) in [4.78, 5) is 11.0. The van der Waals surface area contributed by atoms with E-state index in [1.54, 1.807) is 6.08 Å². The van der Waals surface area contributed by atoms with Gasteiger partial charge in [-0.15, -0.1) is 0 Å². The van der Waals surface area contributed by atoms with E-state index in [9.17, 15) is 4.79 Å². The molecule has 0 saturated carbocycles. The normalized spacial score (nSPS) is 23.1. The topological polar surface area (TPSA) is 38.8 Å². The number of methoxy groups -OCH3 is 1. The number of epoxide rings is 1. The molecule has 0 spiro atoms. The Bertz CT molecular complexity index is 180. The molecule has 0 bridgehead atoms. The summed E-state index contributed by atoms with van der Waals surface area (Å²) in [6.45, 7) is 2.60. The van der Waals surface area contributed by atoms with Gasteiger partial charge >= 0.3 is 5.97 Å². The summed E-state index contributed by atoms with van der Waals surface area (Å²) < 4.78 is 9.56. The number of allylic oxidation sites excluding steroid dienone is 1. The summed E-state index contributed by atoms with van der Waals surface area (Å²) in [5, 5.41) is 0. The molecule has 0 N–H and O–H groups in total. The second kappa shape index (κ2) is 3.53. The summed E-state index contributed by atoms with van der Waals surface area (Å²) in [5.41, 5.74) is 0.704. The van der Waals surface area contributed by atoms with Crippen LogP contribution in [0.1, 0.15) is 13.3 Å². The Balaban J connectivity index is 2.41. The quantitative estimate of drug-likeness (QED) is 0.346. The summed E-state index contributed by atoms with van der Waals surface area (Å²) in [7, 11) is 1.39. The van der Waals surface area contributed by atoms with Crippen molar-refractivity contribution in [2.75, 3.05) is 13.7 Å². The fourth-order valence-electron chi connectivity index (χ4n) is 0.881. The van der Waals surface area contributed by atoms with Gasteiger partial charge in [0.25, 0.3) is 0 Å². The maximum atomic E-state index is 11.0. The molecule has 1 unspecified atom stereocenters. The number of carbonyl (C=O) groups excluding carboxylic acids is 1. The molecule has 1 fully saturated rings. The first-order valence-corrected chi connectivity index (χ1v) is 3.63. The van der Waals surface area contributed by atoms with Crippen LogP contribution in [0, 0.1) is 0 Å². The molecule has 0 radical (unpaired) electrons. The van der Waals surface area contributed by atoms with Crippen molar-refractivity contribution < 1.29 is 14.3 Å². The summed E-state index contributed by atoms with van der Waals surface area (Å²) in [6, 6.07) is 0. The van der Waals surface area contributed by atoms with Crippen LogP contribution in [0.2, 0.25) is 0 Å². The standard InChI is InChI=1S/C8H12O3/c1-3-6(8(9)10-2)4-7-5-11-7/h3,7H,4-5H2,1-2H3. The van der Waals surface area contributed by atoms with Crippen LogP contribution in [-0.2, 0) is 14.3 Å². The lowest BCUT2D eigenvalue weighted by Crippen LogP contribution is -2.06. The highest BCUT2D eigenvalue weighted by molar-refractivity contribution is 5.88. The van der Waals surface area contributed by atoms with Crippen molar-refractivity contribution in [1.29, 1.82) is 0 Å². The molecule has 0 aromatic rings. The second-order valence-electron chi connectivity index (χ2n) is 2.46. The van der Waals surface area contributed by atoms with Gasteiger partial charge in [-0.3, -0.25) is 0 Å². The summed E-state index contributed by atoms with van der Waals surface area (Å²) in [6.07, 6.45) is 2.71. The maximum Gasteiger partial charge on any atom is 0.333 e. The molecule has 1 rings (SSSR count). The van der Waals surface area contributed by atoms with Crippen molar-refractivity contribution in [3.63, 3.8) is 0 Å². The Morgan fingerprint density at radius 2 is 2.45 bits per heavy atom. The first-order valence-electron chi connectivity index (χ1n) is 3.63. The van der Waals surface area contributed by atoms with Gasteiger partial charge in [-0.05, 0) is 6.92 Å². The minimum atomic E-state index is -0.247. The van der Waals surface area contributed by atoms with Gasteiger partial charge in [0.05, 0.1) is 19.8 Å². The van der Waals surface area contributed by atoms with Gasteiger partial charge in [-0.1, -0.05) is 6.08 Å². The first-order chi connectivity index (χ1) is 5.27. The van der Waals surface area contributed by atoms with Crippen molar-refractivity contribution in [1.82, 2.24) is 0 Å². The smallest absolute Gasteiger partial charge is 0.333 e. The first kappa shape index (κ1) is 8.27. The highest BCUT2D eigenvalue weighted by atomic mass is 16.6. The van der Waals surface area contributed by atoms with Gasteiger partial charge in [-0.25, -0.2) is 4.79 Å². The minimum absolute atomic E-state index is 0.247. The van der Waals surface area contributed by atoms with Crippen molar-refractivity contribution in [2.45, 2.75) is 19.4 Å². The third kappa shape index (κ3) is 2.35. The van der Waals surface area contributed by atoms with Crippen LogP contribution < -0.4 is 0 Å². The molecule has 11 heavy (non-hydrogen) atoms. The Morgan fingerprint density at radius 1 is 1.82 bits per heavy atom. The zero-order valence-electron chi connectivity index (χ0n) is 6.79. The van der Waals surface area contributed by atoms with Crippen molar-refractivity contribution in [3.8, 4) is 0 Å². The Hall–Kier alpha value is -0.830. The zero-order chi connectivity index (χ0) is 8.27. The average molecular weight is 156 g/mol. The Labute approximate surface area is 66.0 Å². The van der Waals surface area contributed by atoms with E-state index in [0.717, 1.165) is 6.61 Å². The molecule has 0 aliphatic carbocycles. The van der Waals surface area contributed by atoms with Crippen LogP contribution in [0.5, 0.6) is 0 Å². The van der Waals surface area contributed by atoms with E-state index in [-0.39, 0.29) is 12.1 Å². The molecule has 1 saturated heterocycles. The minimum Gasteiger partial charge on any atom is -0.466 e. The van der Waals surface area contributed by atoms with Crippen LogP contribution >= 0.6 is 0 Å². The van der Waals surface area contributed by atoms with Crippen molar-refractivity contribution in [2.24, 2.45) is 0 Å². The molecular weight excluding hydrogens is 144 g/mol. The van der Waals surface area contributed by atoms with Crippen LogP contribution in [0.4, 0.5) is 0 Å². The molecule has 0 aromatic heterocycles. The van der Waals surface area contributed by atoms with Crippen LogP contribution in [-0.4, -0.2) is 25.8 Å². The van der Waals surface area contributed by atoms with Crippen LogP contribution in [0.15, 0.2) is 11.6 Å². The highest BCUT2D eigenvalue weighted by Gasteiger charge is 2.26. The number of carbonyl (C=O) groups is 1. The molecule has 3 heteroatoms. The lowest BCUT2D eigenvalue weighted by molar-refractivity contribution is -0.136. The number of ether oxygens (including phenoxy) is 2. The predicted molar refractivity (Wildman–Crippen MR) is 40.1 cm³/mol. The second-order valence-corrected chi connectivity index (χ2v) is 2.46. The number of hydrogen-bond acceptors (Lipinski definition) is 3. The molecular formula is C8H12O3. The molecule has 62 valence electrons. The molecule has 1 atom stereocenters. The van der Waals surface area contributed by atoms with Crippen LogP contribution in [0.25, 0.3) is 0 Å². The van der Waals surface area contributed by atoms with Gasteiger partial charge in [0.2, 0.25) is 0 Å². The van der Waals surface area contributed by atoms with Crippen molar-refractivity contribution >= 4 is 5.97 Å². The lowest BCUT2D eigenvalue weighted by atomic mass is 10.1. The SMILES string of the molecule is CC=C(CC1CO1)C(=O)OC. The monoisotopic (exact) mass is 156 g/mol. The van der Waals surface area contributed by atoms with E-state index < -0.39 is 0 Å². The molecule has 1 heterocycles. The van der Waals surface area contributed by atoms with E-state index >= 15 is 0 Å². The van der Waals surface area contributed by atoms with Gasteiger partial charge in [0.1, 0.15) is 0 Å². The lowest BCUT2D eigenvalue weighted by Gasteiger charge is -2.00. The molecule has 0 aromatic carbocycles. The average Bonchev–Trinajstić information content (AvgIpc) is 2.82. The van der Waals surface area contributed by atoms with E-state index in [2.05, 4.69) is 4.74 Å². The number of esters is 1. The third-order valence-corrected chi connectivity index (χ3v) is 1.65.